The summed E-state index contributed by atoms with van der Waals surface area (Å²) in [4.78, 5) is 16.6. The van der Waals surface area contributed by atoms with E-state index in [0.29, 0.717) is 0 Å². The molecule has 1 N–H and O–H groups in total. The average Bonchev–Trinajstić information content (AvgIpc) is 3.16. The average molecular weight is 395 g/mol. The Bertz CT molecular complexity index is 1170. The van der Waals surface area contributed by atoms with Crippen molar-refractivity contribution in [3.05, 3.63) is 95.9 Å². The molecule has 0 unspecified atom stereocenters. The van der Waals surface area contributed by atoms with Gasteiger partial charge in [0.05, 0.1) is 11.8 Å². The predicted molar refractivity (Wildman–Crippen MR) is 103 cm³/mol. The van der Waals surface area contributed by atoms with Gasteiger partial charge in [0.25, 0.3) is 5.91 Å². The first kappa shape index (κ1) is 18.7. The largest absolute Gasteiger partial charge is 0.416 e. The van der Waals surface area contributed by atoms with E-state index in [1.807, 2.05) is 54.6 Å². The van der Waals surface area contributed by atoms with Crippen molar-refractivity contribution in [3.63, 3.8) is 0 Å². The summed E-state index contributed by atoms with van der Waals surface area (Å²) in [6, 6.07) is 19.4. The van der Waals surface area contributed by atoms with Gasteiger partial charge in [0.2, 0.25) is 0 Å². The number of benzene rings is 2. The number of alkyl halides is 3. The minimum atomic E-state index is -4.46. The van der Waals surface area contributed by atoms with Crippen LogP contribution in [0.4, 0.5) is 13.2 Å². The normalized spacial score (nSPS) is 11.6. The van der Waals surface area contributed by atoms with E-state index in [-0.39, 0.29) is 17.9 Å². The first-order valence-corrected chi connectivity index (χ1v) is 8.89. The van der Waals surface area contributed by atoms with E-state index < -0.39 is 17.6 Å². The maximum atomic E-state index is 12.9. The van der Waals surface area contributed by atoms with E-state index >= 15 is 0 Å². The lowest BCUT2D eigenvalue weighted by atomic mass is 10.00. The SMILES string of the molecule is O=C(NCc1ccccc1-c1ccccc1)c1cnc2cc(C(F)(F)F)ccn12. The van der Waals surface area contributed by atoms with Crippen molar-refractivity contribution in [2.45, 2.75) is 12.7 Å². The number of nitrogens with one attached hydrogen (secondary N) is 1. The zero-order valence-electron chi connectivity index (χ0n) is 15.1. The Kier molecular flexibility index (Phi) is 4.80. The van der Waals surface area contributed by atoms with Gasteiger partial charge in [0.1, 0.15) is 11.3 Å². The zero-order chi connectivity index (χ0) is 20.4. The molecule has 1 amide bonds. The smallest absolute Gasteiger partial charge is 0.347 e. The lowest BCUT2D eigenvalue weighted by Crippen LogP contribution is -2.24. The van der Waals surface area contributed by atoms with Crippen LogP contribution in [-0.4, -0.2) is 15.3 Å². The van der Waals surface area contributed by atoms with Crippen LogP contribution in [0.2, 0.25) is 0 Å². The van der Waals surface area contributed by atoms with E-state index in [4.69, 9.17) is 0 Å². The third-order valence-corrected chi connectivity index (χ3v) is 4.61. The van der Waals surface area contributed by atoms with Crippen LogP contribution in [0.3, 0.4) is 0 Å². The molecule has 0 bridgehead atoms. The van der Waals surface area contributed by atoms with Crippen LogP contribution < -0.4 is 5.32 Å². The molecule has 4 rings (SSSR count). The molecule has 2 heterocycles. The van der Waals surface area contributed by atoms with Crippen LogP contribution in [-0.2, 0) is 12.7 Å². The Hall–Kier alpha value is -3.61. The third kappa shape index (κ3) is 3.85. The zero-order valence-corrected chi connectivity index (χ0v) is 15.1. The Morgan fingerprint density at radius 1 is 1.00 bits per heavy atom. The number of hydrogen-bond donors (Lipinski definition) is 1. The molecular weight excluding hydrogens is 379 g/mol. The topological polar surface area (TPSA) is 46.4 Å². The minimum Gasteiger partial charge on any atom is -0.347 e. The first-order chi connectivity index (χ1) is 13.9. The second-order valence-corrected chi connectivity index (χ2v) is 6.49. The van der Waals surface area contributed by atoms with Gasteiger partial charge in [-0.25, -0.2) is 4.98 Å². The molecule has 0 radical (unpaired) electrons. The molecule has 0 fully saturated rings. The van der Waals surface area contributed by atoms with Crippen molar-refractivity contribution in [3.8, 4) is 11.1 Å². The molecule has 0 saturated carbocycles. The number of rotatable bonds is 4. The Labute approximate surface area is 164 Å². The Morgan fingerprint density at radius 2 is 1.72 bits per heavy atom. The van der Waals surface area contributed by atoms with Crippen molar-refractivity contribution in [2.24, 2.45) is 0 Å². The summed E-state index contributed by atoms with van der Waals surface area (Å²) in [7, 11) is 0. The molecule has 2 aromatic carbocycles. The number of carbonyl (C=O) groups is 1. The van der Waals surface area contributed by atoms with E-state index in [9.17, 15) is 18.0 Å². The highest BCUT2D eigenvalue weighted by Gasteiger charge is 2.31. The molecule has 0 aliphatic heterocycles. The summed E-state index contributed by atoms with van der Waals surface area (Å²) in [5.41, 5.74) is 2.40. The summed E-state index contributed by atoms with van der Waals surface area (Å²) in [5, 5.41) is 2.83. The van der Waals surface area contributed by atoms with Crippen LogP contribution in [0.1, 0.15) is 21.6 Å². The molecular formula is C22H16F3N3O. The maximum Gasteiger partial charge on any atom is 0.416 e. The molecule has 4 aromatic rings. The summed E-state index contributed by atoms with van der Waals surface area (Å²) in [5.74, 6) is -0.417. The highest BCUT2D eigenvalue weighted by atomic mass is 19.4. The van der Waals surface area contributed by atoms with E-state index in [1.54, 1.807) is 0 Å². The van der Waals surface area contributed by atoms with Crippen LogP contribution >= 0.6 is 0 Å². The third-order valence-electron chi connectivity index (χ3n) is 4.61. The number of nitrogens with zero attached hydrogens (tertiary/aromatic N) is 2. The fraction of sp³-hybridized carbons (Fsp3) is 0.0909. The fourth-order valence-corrected chi connectivity index (χ4v) is 3.16. The quantitative estimate of drug-likeness (QED) is 0.532. The molecule has 0 aliphatic carbocycles. The van der Waals surface area contributed by atoms with Crippen molar-refractivity contribution < 1.29 is 18.0 Å². The Balaban J connectivity index is 1.56. The van der Waals surface area contributed by atoms with Crippen LogP contribution in [0, 0.1) is 0 Å². The fourth-order valence-electron chi connectivity index (χ4n) is 3.16. The molecule has 7 heteroatoms. The molecule has 0 aliphatic rings. The summed E-state index contributed by atoms with van der Waals surface area (Å²) in [6.07, 6.45) is -1.98. The van der Waals surface area contributed by atoms with Gasteiger partial charge in [-0.2, -0.15) is 13.2 Å². The molecule has 0 atom stereocenters. The molecule has 2 aromatic heterocycles. The van der Waals surface area contributed by atoms with Crippen molar-refractivity contribution >= 4 is 11.6 Å². The van der Waals surface area contributed by atoms with E-state index in [0.717, 1.165) is 28.8 Å². The van der Waals surface area contributed by atoms with Crippen LogP contribution in [0.25, 0.3) is 16.8 Å². The number of carbonyl (C=O) groups excluding carboxylic acids is 1. The molecule has 0 spiro atoms. The maximum absolute atomic E-state index is 12.9. The van der Waals surface area contributed by atoms with Crippen LogP contribution in [0.15, 0.2) is 79.1 Å². The van der Waals surface area contributed by atoms with E-state index in [1.165, 1.54) is 16.8 Å². The second kappa shape index (κ2) is 7.43. The number of imidazole rings is 1. The lowest BCUT2D eigenvalue weighted by Gasteiger charge is -2.11. The van der Waals surface area contributed by atoms with Crippen molar-refractivity contribution in [2.75, 3.05) is 0 Å². The number of amides is 1. The standard InChI is InChI=1S/C22H16F3N3O/c23-22(24,25)17-10-11-28-19(14-26-20(28)12-17)21(29)27-13-16-8-4-5-9-18(16)15-6-2-1-3-7-15/h1-12,14H,13H2,(H,27,29). The summed E-state index contributed by atoms with van der Waals surface area (Å²) < 4.78 is 39.9. The highest BCUT2D eigenvalue weighted by Crippen LogP contribution is 2.30. The predicted octanol–water partition coefficient (Wildman–Crippen LogP) is 4.95. The van der Waals surface area contributed by atoms with Gasteiger partial charge in [-0.3, -0.25) is 9.20 Å². The van der Waals surface area contributed by atoms with Gasteiger partial charge in [0, 0.05) is 12.7 Å². The van der Waals surface area contributed by atoms with Gasteiger partial charge >= 0.3 is 6.18 Å². The number of halogens is 3. The summed E-state index contributed by atoms with van der Waals surface area (Å²) >= 11 is 0. The van der Waals surface area contributed by atoms with Gasteiger partial charge in [-0.1, -0.05) is 54.6 Å². The van der Waals surface area contributed by atoms with Gasteiger partial charge in [-0.05, 0) is 28.8 Å². The lowest BCUT2D eigenvalue weighted by molar-refractivity contribution is -0.137. The van der Waals surface area contributed by atoms with Gasteiger partial charge in [-0.15, -0.1) is 0 Å². The van der Waals surface area contributed by atoms with Crippen LogP contribution in [0.5, 0.6) is 0 Å². The molecule has 146 valence electrons. The van der Waals surface area contributed by atoms with E-state index in [2.05, 4.69) is 10.3 Å². The summed E-state index contributed by atoms with van der Waals surface area (Å²) in [6.45, 7) is 0.276. The second-order valence-electron chi connectivity index (χ2n) is 6.49. The number of pyridine rings is 1. The number of aromatic nitrogens is 2. The van der Waals surface area contributed by atoms with Crippen molar-refractivity contribution in [1.82, 2.24) is 14.7 Å². The number of hydrogen-bond acceptors (Lipinski definition) is 2. The Morgan fingerprint density at radius 3 is 2.48 bits per heavy atom. The molecule has 0 saturated heterocycles. The highest BCUT2D eigenvalue weighted by molar-refractivity contribution is 5.93. The molecule has 29 heavy (non-hydrogen) atoms. The van der Waals surface area contributed by atoms with Crippen molar-refractivity contribution in [1.29, 1.82) is 0 Å². The van der Waals surface area contributed by atoms with Gasteiger partial charge < -0.3 is 5.32 Å². The monoisotopic (exact) mass is 395 g/mol. The first-order valence-electron chi connectivity index (χ1n) is 8.89. The minimum absolute atomic E-state index is 0.0645. The number of fused-ring (bicyclic) bond motifs is 1. The molecule has 4 nitrogen and oxygen atoms in total. The van der Waals surface area contributed by atoms with Gasteiger partial charge in [0.15, 0.2) is 0 Å².